The van der Waals surface area contributed by atoms with Gasteiger partial charge < -0.3 is 10.2 Å². The van der Waals surface area contributed by atoms with Crippen LogP contribution in [0.5, 0.6) is 0 Å². The Morgan fingerprint density at radius 3 is 2.65 bits per heavy atom. The molecular formula is C12H14N2O5S. The molecule has 0 radical (unpaired) electrons. The van der Waals surface area contributed by atoms with E-state index in [0.29, 0.717) is 5.56 Å². The molecule has 0 aliphatic carbocycles. The number of aryl methyl sites for hydroxylation is 1. The number of rotatable bonds is 6. The van der Waals surface area contributed by atoms with Crippen LogP contribution in [0.4, 0.5) is 0 Å². The van der Waals surface area contributed by atoms with E-state index in [1.165, 1.54) is 25.1 Å². The number of aliphatic carboxylic acids is 1. The average Bonchev–Trinajstić information content (AvgIpc) is 2.38. The Hall–Kier alpha value is -1.95. The number of nitrogens with zero attached hydrogens (tertiary/aromatic N) is 1. The van der Waals surface area contributed by atoms with Crippen LogP contribution in [0.25, 0.3) is 0 Å². The first-order valence-corrected chi connectivity index (χ1v) is 7.17. The van der Waals surface area contributed by atoms with Gasteiger partial charge >= 0.3 is 5.97 Å². The van der Waals surface area contributed by atoms with Crippen molar-refractivity contribution in [1.29, 1.82) is 5.26 Å². The van der Waals surface area contributed by atoms with Crippen molar-refractivity contribution in [2.75, 3.05) is 6.61 Å². The number of carboxylic acids is 1. The van der Waals surface area contributed by atoms with Crippen molar-refractivity contribution in [3.63, 3.8) is 0 Å². The number of hydrogen-bond donors (Lipinski definition) is 3. The number of nitrogens with one attached hydrogen (secondary N) is 1. The maximum Gasteiger partial charge on any atom is 0.321 e. The fourth-order valence-corrected chi connectivity index (χ4v) is 3.07. The van der Waals surface area contributed by atoms with Crippen LogP contribution < -0.4 is 4.72 Å². The molecule has 0 saturated heterocycles. The van der Waals surface area contributed by atoms with E-state index in [1.54, 1.807) is 0 Å². The van der Waals surface area contributed by atoms with Crippen LogP contribution in [-0.2, 0) is 14.8 Å². The van der Waals surface area contributed by atoms with Crippen molar-refractivity contribution in [2.45, 2.75) is 24.3 Å². The van der Waals surface area contributed by atoms with Gasteiger partial charge in [0.05, 0.1) is 16.5 Å². The van der Waals surface area contributed by atoms with Crippen LogP contribution in [0, 0.1) is 18.3 Å². The van der Waals surface area contributed by atoms with E-state index in [2.05, 4.69) is 0 Å². The van der Waals surface area contributed by atoms with Gasteiger partial charge in [-0.05, 0) is 31.0 Å². The molecule has 1 atom stereocenters. The fraction of sp³-hybridized carbons (Fsp3) is 0.333. The molecule has 1 rings (SSSR count). The summed E-state index contributed by atoms with van der Waals surface area (Å²) in [5.74, 6) is -1.38. The van der Waals surface area contributed by atoms with E-state index < -0.39 is 28.6 Å². The summed E-state index contributed by atoms with van der Waals surface area (Å²) in [4.78, 5) is 10.8. The van der Waals surface area contributed by atoms with Gasteiger partial charge in [0.2, 0.25) is 10.0 Å². The summed E-state index contributed by atoms with van der Waals surface area (Å²) in [5.41, 5.74) is 0.551. The second-order valence-corrected chi connectivity index (χ2v) is 5.80. The third-order valence-corrected chi connectivity index (χ3v) is 4.23. The van der Waals surface area contributed by atoms with Gasteiger partial charge in [-0.3, -0.25) is 4.79 Å². The van der Waals surface area contributed by atoms with Gasteiger partial charge in [0.1, 0.15) is 6.04 Å². The normalized spacial score (nSPS) is 12.7. The Morgan fingerprint density at radius 1 is 1.50 bits per heavy atom. The number of sulfonamides is 1. The van der Waals surface area contributed by atoms with Crippen molar-refractivity contribution in [1.82, 2.24) is 4.72 Å². The molecule has 8 heteroatoms. The first-order chi connectivity index (χ1) is 9.31. The van der Waals surface area contributed by atoms with Crippen LogP contribution in [0.3, 0.4) is 0 Å². The highest BCUT2D eigenvalue weighted by Gasteiger charge is 2.26. The largest absolute Gasteiger partial charge is 0.480 e. The summed E-state index contributed by atoms with van der Waals surface area (Å²) < 4.78 is 26.3. The van der Waals surface area contributed by atoms with E-state index in [-0.39, 0.29) is 16.9 Å². The molecule has 20 heavy (non-hydrogen) atoms. The first-order valence-electron chi connectivity index (χ1n) is 5.68. The van der Waals surface area contributed by atoms with E-state index in [4.69, 9.17) is 15.5 Å². The van der Waals surface area contributed by atoms with Crippen LogP contribution in [0.1, 0.15) is 17.5 Å². The van der Waals surface area contributed by atoms with Crippen LogP contribution >= 0.6 is 0 Å². The van der Waals surface area contributed by atoms with Crippen LogP contribution in [-0.4, -0.2) is 37.2 Å². The third kappa shape index (κ3) is 3.77. The summed E-state index contributed by atoms with van der Waals surface area (Å²) in [6.45, 7) is 1.08. The highest BCUT2D eigenvalue weighted by atomic mass is 32.2. The summed E-state index contributed by atoms with van der Waals surface area (Å²) in [7, 11) is -4.08. The van der Waals surface area contributed by atoms with Crippen LogP contribution in [0.15, 0.2) is 23.1 Å². The predicted octanol–water partition coefficient (Wildman–Crippen LogP) is -0.0194. The Balaban J connectivity index is 3.17. The molecule has 0 heterocycles. The number of aliphatic hydroxyl groups excluding tert-OH is 1. The standard InChI is InChI=1S/C12H14N2O5S/c1-8-2-3-9(7-13)6-11(8)20(18,19)14-10(4-5-15)12(16)17/h2-3,6,10,14-15H,4-5H2,1H3,(H,16,17). The smallest absolute Gasteiger partial charge is 0.321 e. The number of benzene rings is 1. The summed E-state index contributed by atoms with van der Waals surface area (Å²) in [5, 5.41) is 26.4. The number of hydrogen-bond acceptors (Lipinski definition) is 5. The van der Waals surface area contributed by atoms with E-state index in [0.717, 1.165) is 0 Å². The zero-order valence-corrected chi connectivity index (χ0v) is 11.5. The number of carboxylic acid groups (broad SMARTS) is 1. The lowest BCUT2D eigenvalue weighted by Gasteiger charge is -2.15. The van der Waals surface area contributed by atoms with Gasteiger partial charge in [-0.2, -0.15) is 9.98 Å². The zero-order valence-electron chi connectivity index (χ0n) is 10.7. The average molecular weight is 298 g/mol. The Morgan fingerprint density at radius 2 is 2.15 bits per heavy atom. The molecule has 0 aliphatic rings. The highest BCUT2D eigenvalue weighted by molar-refractivity contribution is 7.89. The number of carbonyl (C=O) groups is 1. The lowest BCUT2D eigenvalue weighted by atomic mass is 10.2. The molecule has 0 fully saturated rings. The molecule has 1 unspecified atom stereocenters. The molecule has 108 valence electrons. The topological polar surface area (TPSA) is 127 Å². The Bertz CT molecular complexity index is 648. The summed E-state index contributed by atoms with van der Waals surface area (Å²) in [6.07, 6.45) is -0.244. The lowest BCUT2D eigenvalue weighted by molar-refractivity contribution is -0.139. The zero-order chi connectivity index (χ0) is 15.3. The second kappa shape index (κ2) is 6.47. The minimum atomic E-state index is -4.08. The van der Waals surface area contributed by atoms with Gasteiger partial charge in [-0.1, -0.05) is 6.07 Å². The third-order valence-electron chi connectivity index (χ3n) is 2.62. The molecule has 0 spiro atoms. The highest BCUT2D eigenvalue weighted by Crippen LogP contribution is 2.17. The van der Waals surface area contributed by atoms with Crippen molar-refractivity contribution in [2.24, 2.45) is 0 Å². The molecule has 0 aliphatic heterocycles. The second-order valence-electron chi connectivity index (χ2n) is 4.12. The van der Waals surface area contributed by atoms with E-state index in [1.807, 2.05) is 10.8 Å². The first kappa shape index (κ1) is 16.1. The fourth-order valence-electron chi connectivity index (χ4n) is 1.57. The quantitative estimate of drug-likeness (QED) is 0.677. The minimum absolute atomic E-state index is 0.152. The van der Waals surface area contributed by atoms with E-state index in [9.17, 15) is 13.2 Å². The molecular weight excluding hydrogens is 284 g/mol. The van der Waals surface area contributed by atoms with Gasteiger partial charge in [0, 0.05) is 6.61 Å². The molecule has 1 aromatic carbocycles. The maximum atomic E-state index is 12.1. The van der Waals surface area contributed by atoms with Crippen LogP contribution in [0.2, 0.25) is 0 Å². The van der Waals surface area contributed by atoms with Crippen molar-refractivity contribution < 1.29 is 23.4 Å². The SMILES string of the molecule is Cc1ccc(C#N)cc1S(=O)(=O)NC(CCO)C(=O)O. The molecule has 0 amide bonds. The number of nitriles is 1. The Labute approximate surface area is 116 Å². The van der Waals surface area contributed by atoms with Crippen molar-refractivity contribution in [3.8, 4) is 6.07 Å². The van der Waals surface area contributed by atoms with Crippen molar-refractivity contribution >= 4 is 16.0 Å². The maximum absolute atomic E-state index is 12.1. The van der Waals surface area contributed by atoms with Gasteiger partial charge in [0.25, 0.3) is 0 Å². The molecule has 0 aromatic heterocycles. The minimum Gasteiger partial charge on any atom is -0.480 e. The van der Waals surface area contributed by atoms with Crippen molar-refractivity contribution in [3.05, 3.63) is 29.3 Å². The van der Waals surface area contributed by atoms with Gasteiger partial charge in [-0.25, -0.2) is 8.42 Å². The predicted molar refractivity (Wildman–Crippen MR) is 69.3 cm³/mol. The molecule has 1 aromatic rings. The summed E-state index contributed by atoms with van der Waals surface area (Å²) >= 11 is 0. The van der Waals surface area contributed by atoms with Gasteiger partial charge in [0.15, 0.2) is 0 Å². The molecule has 3 N–H and O–H groups in total. The lowest BCUT2D eigenvalue weighted by Crippen LogP contribution is -2.41. The monoisotopic (exact) mass is 298 g/mol. The molecule has 7 nitrogen and oxygen atoms in total. The Kier molecular flexibility index (Phi) is 5.21. The van der Waals surface area contributed by atoms with E-state index >= 15 is 0 Å². The summed E-state index contributed by atoms with van der Waals surface area (Å²) in [6, 6.07) is 4.51. The molecule has 0 saturated carbocycles. The van der Waals surface area contributed by atoms with Gasteiger partial charge in [-0.15, -0.1) is 0 Å². The number of aliphatic hydroxyl groups is 1. The molecule has 0 bridgehead atoms.